The monoisotopic (exact) mass is 512 g/mol. The van der Waals surface area contributed by atoms with Gasteiger partial charge in [0.1, 0.15) is 5.75 Å². The number of carbonyl (C=O) groups excluding carboxylic acids is 1. The van der Waals surface area contributed by atoms with Crippen LogP contribution in [0.2, 0.25) is 5.02 Å². The zero-order chi connectivity index (χ0) is 25.1. The molecule has 0 aliphatic carbocycles. The van der Waals surface area contributed by atoms with E-state index < -0.39 is 24.6 Å². The molecule has 2 aromatic carbocycles. The van der Waals surface area contributed by atoms with Gasteiger partial charge in [-0.15, -0.1) is 0 Å². The van der Waals surface area contributed by atoms with Gasteiger partial charge in [0.15, 0.2) is 11.4 Å². The number of halogens is 1. The van der Waals surface area contributed by atoms with E-state index >= 15 is 0 Å². The van der Waals surface area contributed by atoms with Crippen molar-refractivity contribution in [2.24, 2.45) is 4.99 Å². The normalized spacial score (nSPS) is 15.4. The summed E-state index contributed by atoms with van der Waals surface area (Å²) in [6.07, 6.45) is 1.72. The van der Waals surface area contributed by atoms with Gasteiger partial charge in [-0.1, -0.05) is 47.2 Å². The summed E-state index contributed by atoms with van der Waals surface area (Å²) >= 11 is 7.28. The Morgan fingerprint density at radius 3 is 2.49 bits per heavy atom. The molecule has 0 fully saturated rings. The fourth-order valence-electron chi connectivity index (χ4n) is 3.71. The minimum absolute atomic E-state index is 0.194. The van der Waals surface area contributed by atoms with E-state index in [1.165, 1.54) is 15.9 Å². The summed E-state index contributed by atoms with van der Waals surface area (Å²) in [6.45, 7) is 3.20. The number of aliphatic carboxylic acids is 1. The Bertz CT molecular complexity index is 1490. The number of carboxylic acid groups (broad SMARTS) is 1. The molecule has 3 aromatic rings. The summed E-state index contributed by atoms with van der Waals surface area (Å²) in [7, 11) is 0. The minimum atomic E-state index is -1.07. The molecule has 4 rings (SSSR count). The van der Waals surface area contributed by atoms with Gasteiger partial charge < -0.3 is 14.6 Å². The molecule has 0 unspecified atom stereocenters. The van der Waals surface area contributed by atoms with Crippen LogP contribution in [0.15, 0.2) is 69.6 Å². The number of allylic oxidation sites excluding steroid dienone is 1. The molecule has 35 heavy (non-hydrogen) atoms. The maximum atomic E-state index is 13.5. The lowest BCUT2D eigenvalue weighted by molar-refractivity contribution is -0.140. The summed E-state index contributed by atoms with van der Waals surface area (Å²) in [5.41, 5.74) is 1.92. The second-order valence-corrected chi connectivity index (χ2v) is 9.05. The SMILES string of the molecule is CCOC(=O)C1=C(C)N=c2s/c(=C\c3ccc(OCC(=O)O)cc3)c(=O)n2[C@H]1c1ccc(Cl)cc1. The van der Waals surface area contributed by atoms with Crippen molar-refractivity contribution in [2.45, 2.75) is 19.9 Å². The molecule has 0 saturated heterocycles. The molecular weight excluding hydrogens is 492 g/mol. The van der Waals surface area contributed by atoms with Gasteiger partial charge in [0.05, 0.1) is 28.5 Å². The minimum Gasteiger partial charge on any atom is -0.482 e. The Kier molecular flexibility index (Phi) is 7.18. The number of esters is 1. The lowest BCUT2D eigenvalue weighted by Crippen LogP contribution is -2.39. The molecule has 1 N–H and O–H groups in total. The Labute approximate surface area is 209 Å². The predicted octanol–water partition coefficient (Wildman–Crippen LogP) is 2.92. The highest BCUT2D eigenvalue weighted by Gasteiger charge is 2.33. The van der Waals surface area contributed by atoms with E-state index in [0.29, 0.717) is 36.9 Å². The van der Waals surface area contributed by atoms with Crippen molar-refractivity contribution in [1.29, 1.82) is 0 Å². The van der Waals surface area contributed by atoms with E-state index in [2.05, 4.69) is 4.99 Å². The van der Waals surface area contributed by atoms with Crippen LogP contribution in [-0.2, 0) is 14.3 Å². The molecule has 1 atom stereocenters. The molecule has 1 aliphatic heterocycles. The third kappa shape index (κ3) is 5.21. The van der Waals surface area contributed by atoms with Crippen LogP contribution in [0.3, 0.4) is 0 Å². The van der Waals surface area contributed by atoms with Crippen LogP contribution < -0.4 is 19.6 Å². The van der Waals surface area contributed by atoms with Gasteiger partial charge in [-0.25, -0.2) is 14.6 Å². The molecule has 1 aromatic heterocycles. The fourth-order valence-corrected chi connectivity index (χ4v) is 4.88. The fraction of sp³-hybridized carbons (Fsp3) is 0.200. The molecule has 0 amide bonds. The molecule has 0 radical (unpaired) electrons. The first kappa shape index (κ1) is 24.4. The number of hydrogen-bond donors (Lipinski definition) is 1. The molecule has 0 spiro atoms. The van der Waals surface area contributed by atoms with Crippen LogP contribution in [0.4, 0.5) is 0 Å². The number of rotatable bonds is 7. The van der Waals surface area contributed by atoms with Crippen LogP contribution in [0, 0.1) is 0 Å². The van der Waals surface area contributed by atoms with Gasteiger partial charge in [0.2, 0.25) is 0 Å². The number of ether oxygens (including phenoxy) is 2. The number of benzene rings is 2. The number of hydrogen-bond acceptors (Lipinski definition) is 7. The van der Waals surface area contributed by atoms with Gasteiger partial charge in [0, 0.05) is 5.02 Å². The zero-order valence-electron chi connectivity index (χ0n) is 18.9. The van der Waals surface area contributed by atoms with Gasteiger partial charge in [-0.3, -0.25) is 9.36 Å². The van der Waals surface area contributed by atoms with Crippen molar-refractivity contribution in [3.8, 4) is 5.75 Å². The molecule has 8 nitrogen and oxygen atoms in total. The topological polar surface area (TPSA) is 107 Å². The second kappa shape index (κ2) is 10.3. The highest BCUT2D eigenvalue weighted by atomic mass is 35.5. The van der Waals surface area contributed by atoms with E-state index in [-0.39, 0.29) is 12.2 Å². The van der Waals surface area contributed by atoms with Crippen molar-refractivity contribution in [3.63, 3.8) is 0 Å². The van der Waals surface area contributed by atoms with Gasteiger partial charge in [-0.05, 0) is 55.3 Å². The van der Waals surface area contributed by atoms with Crippen LogP contribution in [0.1, 0.15) is 31.0 Å². The first-order valence-electron chi connectivity index (χ1n) is 10.7. The smallest absolute Gasteiger partial charge is 0.341 e. The highest BCUT2D eigenvalue weighted by Crippen LogP contribution is 2.31. The molecule has 2 heterocycles. The van der Waals surface area contributed by atoms with Gasteiger partial charge >= 0.3 is 11.9 Å². The number of carboxylic acids is 1. The van der Waals surface area contributed by atoms with Crippen LogP contribution in [0.25, 0.3) is 6.08 Å². The average molecular weight is 513 g/mol. The lowest BCUT2D eigenvalue weighted by atomic mass is 9.96. The summed E-state index contributed by atoms with van der Waals surface area (Å²) in [6, 6.07) is 13.0. The Morgan fingerprint density at radius 2 is 1.86 bits per heavy atom. The van der Waals surface area contributed by atoms with Gasteiger partial charge in [-0.2, -0.15) is 0 Å². The van der Waals surface area contributed by atoms with Crippen molar-refractivity contribution >= 4 is 41.0 Å². The maximum Gasteiger partial charge on any atom is 0.341 e. The van der Waals surface area contributed by atoms with Crippen molar-refractivity contribution in [1.82, 2.24) is 4.57 Å². The first-order valence-corrected chi connectivity index (χ1v) is 11.9. The maximum absolute atomic E-state index is 13.5. The van der Waals surface area contributed by atoms with E-state index in [4.69, 9.17) is 26.2 Å². The second-order valence-electron chi connectivity index (χ2n) is 7.61. The summed E-state index contributed by atoms with van der Waals surface area (Å²) < 4.78 is 12.4. The Hall–Kier alpha value is -3.69. The zero-order valence-corrected chi connectivity index (χ0v) is 20.4. The molecule has 1 aliphatic rings. The van der Waals surface area contributed by atoms with E-state index in [0.717, 1.165) is 5.56 Å². The largest absolute Gasteiger partial charge is 0.482 e. The molecular formula is C25H21ClN2O6S. The van der Waals surface area contributed by atoms with E-state index in [1.54, 1.807) is 68.5 Å². The number of fused-ring (bicyclic) bond motifs is 1. The highest BCUT2D eigenvalue weighted by molar-refractivity contribution is 7.07. The number of thiazole rings is 1. The van der Waals surface area contributed by atoms with Crippen LogP contribution >= 0.6 is 22.9 Å². The lowest BCUT2D eigenvalue weighted by Gasteiger charge is -2.24. The molecule has 0 saturated carbocycles. The molecule has 10 heteroatoms. The van der Waals surface area contributed by atoms with E-state index in [9.17, 15) is 14.4 Å². The standard InChI is InChI=1S/C25H21ClN2O6S/c1-3-33-24(32)21-14(2)27-25-28(22(21)16-6-8-17(26)9-7-16)23(31)19(35-25)12-15-4-10-18(11-5-15)34-13-20(29)30/h4-12,22H,3,13H2,1-2H3,(H,29,30)/b19-12-/t22-/m0/s1. The van der Waals surface area contributed by atoms with Crippen molar-refractivity contribution in [3.05, 3.63) is 95.6 Å². The molecule has 0 bridgehead atoms. The third-order valence-corrected chi connectivity index (χ3v) is 6.48. The van der Waals surface area contributed by atoms with Crippen LogP contribution in [0.5, 0.6) is 5.75 Å². The molecule has 180 valence electrons. The number of aromatic nitrogens is 1. The average Bonchev–Trinajstić information content (AvgIpc) is 3.12. The predicted molar refractivity (Wildman–Crippen MR) is 131 cm³/mol. The van der Waals surface area contributed by atoms with Gasteiger partial charge in [0.25, 0.3) is 5.56 Å². The number of nitrogens with zero attached hydrogens (tertiary/aromatic N) is 2. The van der Waals surface area contributed by atoms with Crippen molar-refractivity contribution < 1.29 is 24.2 Å². The van der Waals surface area contributed by atoms with E-state index in [1.807, 2.05) is 0 Å². The number of carbonyl (C=O) groups is 2. The summed E-state index contributed by atoms with van der Waals surface area (Å²) in [5.74, 6) is -1.19. The summed E-state index contributed by atoms with van der Waals surface area (Å²) in [4.78, 5) is 42.1. The summed E-state index contributed by atoms with van der Waals surface area (Å²) in [5, 5.41) is 9.28. The first-order chi connectivity index (χ1) is 16.8. The quantitative estimate of drug-likeness (QED) is 0.488. The van der Waals surface area contributed by atoms with Crippen molar-refractivity contribution in [2.75, 3.05) is 13.2 Å². The Morgan fingerprint density at radius 1 is 1.17 bits per heavy atom. The third-order valence-electron chi connectivity index (χ3n) is 5.24. The Balaban J connectivity index is 1.81. The van der Waals surface area contributed by atoms with Crippen LogP contribution in [-0.4, -0.2) is 34.8 Å².